The van der Waals surface area contributed by atoms with Gasteiger partial charge >= 0.3 is 0 Å². The van der Waals surface area contributed by atoms with Crippen molar-refractivity contribution in [1.29, 1.82) is 0 Å². The second kappa shape index (κ2) is 9.13. The van der Waals surface area contributed by atoms with Crippen LogP contribution in [0.3, 0.4) is 0 Å². The summed E-state index contributed by atoms with van der Waals surface area (Å²) in [6.45, 7) is 4.10. The van der Waals surface area contributed by atoms with Crippen LogP contribution in [0.2, 0.25) is 0 Å². The highest BCUT2D eigenvalue weighted by Gasteiger charge is 2.66. The van der Waals surface area contributed by atoms with E-state index >= 15 is 0 Å². The molecule has 0 aromatic heterocycles. The minimum absolute atomic E-state index is 0.380. The van der Waals surface area contributed by atoms with E-state index < -0.39 is 11.6 Å². The molecule has 4 bridgehead atoms. The number of hydrogen-bond acceptors (Lipinski definition) is 5. The fraction of sp³-hybridized carbons (Fsp3) is 0.759. The van der Waals surface area contributed by atoms with Crippen molar-refractivity contribution >= 4 is 16.4 Å². The predicted octanol–water partition coefficient (Wildman–Crippen LogP) is 5.57. The Kier molecular flexibility index (Phi) is 6.05. The fourth-order valence-corrected chi connectivity index (χ4v) is 9.51. The third-order valence-corrected chi connectivity index (χ3v) is 11.6. The normalized spacial score (nSPS) is 43.4. The largest absolute Gasteiger partial charge is 0.492 e. The van der Waals surface area contributed by atoms with Gasteiger partial charge in [-0.05, 0) is 80.4 Å². The first-order chi connectivity index (χ1) is 17.1. The standard InChI is InChI=1S/C29H41NO4S/c1-35-14-11-30(12-15-35)10-13-31-27-4-2-23(3-5-27)24-6-8-28(9-7-24)32-29(34-33-28)25-17-21-16-22(19-25)20-26(29)18-21/h2-5,21-22,24-26H,1,6-20H2. The molecular formula is C29H41NO4S. The maximum absolute atomic E-state index is 6.89. The Bertz CT molecular complexity index is 903. The summed E-state index contributed by atoms with van der Waals surface area (Å²) in [4.78, 5) is 14.8. The predicted molar refractivity (Wildman–Crippen MR) is 140 cm³/mol. The third-order valence-electron chi connectivity index (χ3n) is 10.1. The molecule has 0 N–H and O–H groups in total. The van der Waals surface area contributed by atoms with Crippen molar-refractivity contribution in [2.24, 2.45) is 23.7 Å². The summed E-state index contributed by atoms with van der Waals surface area (Å²) in [5.41, 5.74) is 1.41. The van der Waals surface area contributed by atoms with Crippen LogP contribution in [0.1, 0.15) is 69.3 Å². The van der Waals surface area contributed by atoms with Crippen LogP contribution in [0.15, 0.2) is 24.3 Å². The first-order valence-corrected chi connectivity index (χ1v) is 15.8. The van der Waals surface area contributed by atoms with E-state index in [9.17, 15) is 0 Å². The molecule has 0 unspecified atom stereocenters. The highest BCUT2D eigenvalue weighted by molar-refractivity contribution is 8.14. The van der Waals surface area contributed by atoms with Gasteiger partial charge in [0.1, 0.15) is 12.4 Å². The van der Waals surface area contributed by atoms with Crippen LogP contribution < -0.4 is 4.74 Å². The van der Waals surface area contributed by atoms with Crippen LogP contribution in [0.25, 0.3) is 0 Å². The molecule has 7 fully saturated rings. The van der Waals surface area contributed by atoms with Crippen LogP contribution in [0.5, 0.6) is 5.75 Å². The summed E-state index contributed by atoms with van der Waals surface area (Å²) in [7, 11) is 0.380. The minimum atomic E-state index is -0.516. The van der Waals surface area contributed by atoms with Crippen LogP contribution in [0.4, 0.5) is 0 Å². The second-order valence-electron chi connectivity index (χ2n) is 12.3. The summed E-state index contributed by atoms with van der Waals surface area (Å²) >= 11 is 0. The number of benzene rings is 1. The Balaban J connectivity index is 0.915. The van der Waals surface area contributed by atoms with E-state index in [1.165, 1.54) is 62.3 Å². The molecule has 0 atom stereocenters. The topological polar surface area (TPSA) is 40.2 Å². The molecule has 5 nitrogen and oxygen atoms in total. The molecule has 0 radical (unpaired) electrons. The Morgan fingerprint density at radius 2 is 1.57 bits per heavy atom. The van der Waals surface area contributed by atoms with Crippen molar-refractivity contribution < 1.29 is 19.2 Å². The molecule has 0 amide bonds. The van der Waals surface area contributed by atoms with E-state index in [0.29, 0.717) is 28.2 Å². The van der Waals surface area contributed by atoms with E-state index in [1.807, 2.05) is 0 Å². The third kappa shape index (κ3) is 4.31. The maximum atomic E-state index is 6.89. The first-order valence-electron chi connectivity index (χ1n) is 14.1. The Morgan fingerprint density at radius 3 is 2.23 bits per heavy atom. The summed E-state index contributed by atoms with van der Waals surface area (Å²) in [6.07, 6.45) is 10.6. The number of nitrogens with zero attached hydrogens (tertiary/aromatic N) is 1. The van der Waals surface area contributed by atoms with Gasteiger partial charge in [0.15, 0.2) is 0 Å². The van der Waals surface area contributed by atoms with Crippen LogP contribution in [-0.4, -0.2) is 60.1 Å². The lowest BCUT2D eigenvalue weighted by atomic mass is 9.53. The SMILES string of the molecule is C=S1CCN(CCOc2ccc(C3CCC4(CC3)OOC3(O4)C4CC5CC(C4)CC3C5)cc2)CC1. The van der Waals surface area contributed by atoms with Gasteiger partial charge in [0, 0.05) is 55.8 Å². The van der Waals surface area contributed by atoms with Crippen molar-refractivity contribution in [2.45, 2.75) is 75.3 Å². The molecule has 192 valence electrons. The van der Waals surface area contributed by atoms with E-state index in [-0.39, 0.29) is 0 Å². The second-order valence-corrected chi connectivity index (χ2v) is 14.3. The molecule has 1 aromatic carbocycles. The molecule has 2 spiro atoms. The quantitative estimate of drug-likeness (QED) is 0.391. The average molecular weight is 500 g/mol. The van der Waals surface area contributed by atoms with E-state index in [1.54, 1.807) is 0 Å². The Hall–Kier alpha value is -0.920. The zero-order valence-electron chi connectivity index (χ0n) is 21.0. The molecule has 6 heteroatoms. The summed E-state index contributed by atoms with van der Waals surface area (Å²) in [5.74, 6) is 10.2. The van der Waals surface area contributed by atoms with Crippen molar-refractivity contribution in [1.82, 2.24) is 4.90 Å². The van der Waals surface area contributed by atoms with E-state index in [2.05, 4.69) is 35.0 Å². The highest BCUT2D eigenvalue weighted by Crippen LogP contribution is 2.64. The van der Waals surface area contributed by atoms with Crippen molar-refractivity contribution in [3.05, 3.63) is 29.8 Å². The molecular weight excluding hydrogens is 458 g/mol. The van der Waals surface area contributed by atoms with Gasteiger partial charge in [-0.15, -0.1) is 0 Å². The Labute approximate surface area is 212 Å². The van der Waals surface area contributed by atoms with Gasteiger partial charge in [0.2, 0.25) is 11.6 Å². The molecule has 5 aliphatic carbocycles. The van der Waals surface area contributed by atoms with E-state index in [0.717, 1.165) is 56.4 Å². The minimum Gasteiger partial charge on any atom is -0.492 e. The van der Waals surface area contributed by atoms with Gasteiger partial charge in [0.25, 0.3) is 0 Å². The zero-order chi connectivity index (χ0) is 23.5. The smallest absolute Gasteiger partial charge is 0.210 e. The van der Waals surface area contributed by atoms with Gasteiger partial charge in [-0.3, -0.25) is 4.90 Å². The number of hydrogen-bond donors (Lipinski definition) is 0. The lowest BCUT2D eigenvalue weighted by Gasteiger charge is -2.57. The fourth-order valence-electron chi connectivity index (χ4n) is 8.27. The molecule has 8 rings (SSSR count). The van der Waals surface area contributed by atoms with Crippen LogP contribution in [0, 0.1) is 23.7 Å². The molecule has 5 saturated carbocycles. The molecule has 2 saturated heterocycles. The monoisotopic (exact) mass is 499 g/mol. The highest BCUT2D eigenvalue weighted by atomic mass is 32.2. The molecule has 1 aromatic rings. The Morgan fingerprint density at radius 1 is 0.914 bits per heavy atom. The van der Waals surface area contributed by atoms with Crippen molar-refractivity contribution in [3.8, 4) is 5.75 Å². The summed E-state index contributed by atoms with van der Waals surface area (Å²) < 4.78 is 12.9. The van der Waals surface area contributed by atoms with E-state index in [4.69, 9.17) is 19.2 Å². The molecule has 2 heterocycles. The number of rotatable bonds is 5. The average Bonchev–Trinajstić information content (AvgIpc) is 3.24. The van der Waals surface area contributed by atoms with Crippen LogP contribution >= 0.6 is 10.5 Å². The summed E-state index contributed by atoms with van der Waals surface area (Å²) in [6, 6.07) is 8.83. The van der Waals surface area contributed by atoms with Gasteiger partial charge in [-0.25, -0.2) is 0 Å². The summed E-state index contributed by atoms with van der Waals surface area (Å²) in [5, 5.41) is 0. The number of ether oxygens (including phenoxy) is 2. The molecule has 35 heavy (non-hydrogen) atoms. The van der Waals surface area contributed by atoms with Crippen LogP contribution in [-0.2, 0) is 14.5 Å². The van der Waals surface area contributed by atoms with Gasteiger partial charge < -0.3 is 9.47 Å². The van der Waals surface area contributed by atoms with Gasteiger partial charge in [-0.2, -0.15) is 20.3 Å². The lowest BCUT2D eigenvalue weighted by molar-refractivity contribution is -0.390. The first kappa shape index (κ1) is 23.2. The lowest BCUT2D eigenvalue weighted by Crippen LogP contribution is -2.59. The van der Waals surface area contributed by atoms with Crippen molar-refractivity contribution in [2.75, 3.05) is 37.7 Å². The maximum Gasteiger partial charge on any atom is 0.210 e. The zero-order valence-corrected chi connectivity index (χ0v) is 21.8. The van der Waals surface area contributed by atoms with Gasteiger partial charge in [-0.1, -0.05) is 18.0 Å². The van der Waals surface area contributed by atoms with Crippen molar-refractivity contribution in [3.63, 3.8) is 0 Å². The molecule has 7 aliphatic rings. The molecule has 2 aliphatic heterocycles. The van der Waals surface area contributed by atoms with Gasteiger partial charge in [0.05, 0.1) is 0 Å².